The van der Waals surface area contributed by atoms with E-state index in [2.05, 4.69) is 21.2 Å². The number of hydrogen-bond donors (Lipinski definition) is 1. The maximum atomic E-state index is 12.2. The molecule has 1 aromatic rings. The first-order chi connectivity index (χ1) is 9.83. The molecule has 0 radical (unpaired) electrons. The van der Waals surface area contributed by atoms with Crippen LogP contribution in [0.5, 0.6) is 0 Å². The van der Waals surface area contributed by atoms with Crippen molar-refractivity contribution in [2.75, 3.05) is 38.8 Å². The molecule has 1 N–H and O–H groups in total. The molecule has 0 aliphatic rings. The molecule has 0 saturated heterocycles. The van der Waals surface area contributed by atoms with Crippen LogP contribution < -0.4 is 10.2 Å². The minimum atomic E-state index is -4.13. The lowest BCUT2D eigenvalue weighted by atomic mass is 10.2. The Morgan fingerprint density at radius 3 is 2.62 bits per heavy atom. The zero-order valence-corrected chi connectivity index (χ0v) is 13.7. The Balaban J connectivity index is 2.56. The molecule has 0 fully saturated rings. The van der Waals surface area contributed by atoms with Gasteiger partial charge in [0.1, 0.15) is 0 Å². The van der Waals surface area contributed by atoms with Crippen molar-refractivity contribution < 1.29 is 17.9 Å². The van der Waals surface area contributed by atoms with E-state index in [0.717, 1.165) is 22.3 Å². The highest BCUT2D eigenvalue weighted by Crippen LogP contribution is 2.25. The number of halogens is 4. The molecule has 1 rings (SSSR count). The quantitative estimate of drug-likeness (QED) is 0.709. The summed E-state index contributed by atoms with van der Waals surface area (Å²) in [6, 6.07) is 5.57. The minimum Gasteiger partial charge on any atom is -0.383 e. The Morgan fingerprint density at radius 1 is 1.33 bits per heavy atom. The molecule has 0 aromatic heterocycles. The highest BCUT2D eigenvalue weighted by atomic mass is 79.9. The van der Waals surface area contributed by atoms with Crippen molar-refractivity contribution in [1.82, 2.24) is 5.32 Å². The molecule has 0 atom stereocenters. The molecule has 120 valence electrons. The number of ether oxygens (including phenoxy) is 1. The summed E-state index contributed by atoms with van der Waals surface area (Å²) in [5.41, 5.74) is 1.81. The van der Waals surface area contributed by atoms with E-state index in [-0.39, 0.29) is 6.54 Å². The highest BCUT2D eigenvalue weighted by Gasteiger charge is 2.27. The van der Waals surface area contributed by atoms with E-state index in [1.807, 2.05) is 18.2 Å². The summed E-state index contributed by atoms with van der Waals surface area (Å²) in [5, 5.41) is 3.22. The predicted octanol–water partition coefficient (Wildman–Crippen LogP) is 3.57. The second kappa shape index (κ2) is 8.60. The van der Waals surface area contributed by atoms with Crippen molar-refractivity contribution in [1.29, 1.82) is 0 Å². The molecule has 0 heterocycles. The van der Waals surface area contributed by atoms with E-state index in [4.69, 9.17) is 4.74 Å². The van der Waals surface area contributed by atoms with Crippen molar-refractivity contribution in [2.45, 2.75) is 19.1 Å². The van der Waals surface area contributed by atoms with Crippen LogP contribution >= 0.6 is 15.9 Å². The van der Waals surface area contributed by atoms with E-state index < -0.39 is 12.6 Å². The number of rotatable bonds is 8. The Morgan fingerprint density at radius 2 is 2.05 bits per heavy atom. The van der Waals surface area contributed by atoms with Crippen LogP contribution in [0.2, 0.25) is 0 Å². The maximum absolute atomic E-state index is 12.2. The zero-order valence-electron chi connectivity index (χ0n) is 12.1. The first-order valence-corrected chi connectivity index (χ1v) is 7.39. The summed E-state index contributed by atoms with van der Waals surface area (Å²) in [6.45, 7) is 2.00. The normalized spacial score (nSPS) is 11.7. The minimum absolute atomic E-state index is 0.0542. The largest absolute Gasteiger partial charge is 0.390 e. The van der Waals surface area contributed by atoms with Gasteiger partial charge in [0, 0.05) is 44.0 Å². The summed E-state index contributed by atoms with van der Waals surface area (Å²) >= 11 is 3.46. The molecule has 0 amide bonds. The van der Waals surface area contributed by atoms with Gasteiger partial charge in [-0.15, -0.1) is 0 Å². The monoisotopic (exact) mass is 368 g/mol. The van der Waals surface area contributed by atoms with E-state index in [0.29, 0.717) is 13.2 Å². The lowest BCUT2D eigenvalue weighted by Crippen LogP contribution is -2.24. The molecule has 21 heavy (non-hydrogen) atoms. The van der Waals surface area contributed by atoms with Crippen LogP contribution in [0.3, 0.4) is 0 Å². The molecule has 0 spiro atoms. The molecule has 0 unspecified atom stereocenters. The van der Waals surface area contributed by atoms with E-state index >= 15 is 0 Å². The average molecular weight is 369 g/mol. The van der Waals surface area contributed by atoms with Crippen molar-refractivity contribution in [3.8, 4) is 0 Å². The van der Waals surface area contributed by atoms with Gasteiger partial charge in [-0.1, -0.05) is 22.0 Å². The van der Waals surface area contributed by atoms with Gasteiger partial charge in [-0.05, 0) is 17.7 Å². The van der Waals surface area contributed by atoms with E-state index in [1.54, 1.807) is 19.1 Å². The fourth-order valence-corrected chi connectivity index (χ4v) is 2.24. The van der Waals surface area contributed by atoms with Gasteiger partial charge < -0.3 is 15.0 Å². The van der Waals surface area contributed by atoms with Crippen molar-refractivity contribution >= 4 is 21.6 Å². The Bertz CT molecular complexity index is 441. The third-order valence-corrected chi connectivity index (χ3v) is 3.74. The molecule has 0 saturated carbocycles. The number of nitrogens with one attached hydrogen (secondary N) is 1. The molecule has 3 nitrogen and oxygen atoms in total. The number of nitrogens with zero attached hydrogens (tertiary/aromatic N) is 1. The number of hydrogen-bond acceptors (Lipinski definition) is 3. The summed E-state index contributed by atoms with van der Waals surface area (Å²) in [4.78, 5) is 1.60. The van der Waals surface area contributed by atoms with Gasteiger partial charge in [-0.2, -0.15) is 13.2 Å². The van der Waals surface area contributed by atoms with Gasteiger partial charge in [-0.25, -0.2) is 0 Å². The van der Waals surface area contributed by atoms with Crippen LogP contribution in [0.25, 0.3) is 0 Å². The lowest BCUT2D eigenvalue weighted by molar-refractivity contribution is -0.132. The summed E-state index contributed by atoms with van der Waals surface area (Å²) < 4.78 is 42.5. The van der Waals surface area contributed by atoms with Crippen LogP contribution in [0.1, 0.15) is 12.0 Å². The number of anilines is 1. The fraction of sp³-hybridized carbons (Fsp3) is 0.571. The molecule has 0 aliphatic heterocycles. The van der Waals surface area contributed by atoms with Gasteiger partial charge >= 0.3 is 6.18 Å². The van der Waals surface area contributed by atoms with Crippen LogP contribution in [-0.4, -0.2) is 40.0 Å². The van der Waals surface area contributed by atoms with E-state index in [1.165, 1.54) is 0 Å². The predicted molar refractivity (Wildman–Crippen MR) is 81.7 cm³/mol. The summed E-state index contributed by atoms with van der Waals surface area (Å²) in [6.07, 6.45) is -4.95. The summed E-state index contributed by atoms with van der Waals surface area (Å²) in [7, 11) is 3.30. The molecule has 0 aliphatic carbocycles. The van der Waals surface area contributed by atoms with Crippen molar-refractivity contribution in [2.24, 2.45) is 0 Å². The second-order valence-corrected chi connectivity index (χ2v) is 5.59. The third kappa shape index (κ3) is 7.15. The van der Waals surface area contributed by atoms with Gasteiger partial charge in [0.15, 0.2) is 0 Å². The van der Waals surface area contributed by atoms with Gasteiger partial charge in [0.2, 0.25) is 0 Å². The van der Waals surface area contributed by atoms with Crippen LogP contribution in [0, 0.1) is 0 Å². The molecule has 7 heteroatoms. The van der Waals surface area contributed by atoms with E-state index in [9.17, 15) is 13.2 Å². The van der Waals surface area contributed by atoms with Crippen molar-refractivity contribution in [3.63, 3.8) is 0 Å². The smallest absolute Gasteiger partial charge is 0.383 e. The second-order valence-electron chi connectivity index (χ2n) is 4.73. The van der Waals surface area contributed by atoms with Crippen LogP contribution in [0.15, 0.2) is 22.7 Å². The van der Waals surface area contributed by atoms with Gasteiger partial charge in [0.05, 0.1) is 13.0 Å². The Kier molecular flexibility index (Phi) is 7.48. The summed E-state index contributed by atoms with van der Waals surface area (Å²) in [5.74, 6) is 0. The fourth-order valence-electron chi connectivity index (χ4n) is 1.74. The number of methoxy groups -OCH3 is 1. The maximum Gasteiger partial charge on any atom is 0.390 e. The Hall–Kier alpha value is -0.790. The van der Waals surface area contributed by atoms with Crippen LogP contribution in [-0.2, 0) is 11.3 Å². The standard InChI is InChI=1S/C14H20BrF3N2O/c1-20(7-5-14(16,17)18)12-4-3-11(13(15)9-12)10-19-6-8-21-2/h3-4,9,19H,5-8,10H2,1-2H3. The molecular weight excluding hydrogens is 349 g/mol. The van der Waals surface area contributed by atoms with Crippen LogP contribution in [0.4, 0.5) is 18.9 Å². The molecule has 1 aromatic carbocycles. The van der Waals surface area contributed by atoms with Crippen molar-refractivity contribution in [3.05, 3.63) is 28.2 Å². The topological polar surface area (TPSA) is 24.5 Å². The highest BCUT2D eigenvalue weighted by molar-refractivity contribution is 9.10. The average Bonchev–Trinajstić information content (AvgIpc) is 2.41. The van der Waals surface area contributed by atoms with Gasteiger partial charge in [-0.3, -0.25) is 0 Å². The zero-order chi connectivity index (χ0) is 15.9. The SMILES string of the molecule is COCCNCc1ccc(N(C)CCC(F)(F)F)cc1Br. The molecular formula is C14H20BrF3N2O. The lowest BCUT2D eigenvalue weighted by Gasteiger charge is -2.21. The molecule has 0 bridgehead atoms. The Labute approximate surface area is 131 Å². The third-order valence-electron chi connectivity index (χ3n) is 3.01. The van der Waals surface area contributed by atoms with Gasteiger partial charge in [0.25, 0.3) is 0 Å². The first-order valence-electron chi connectivity index (χ1n) is 6.59. The number of alkyl halides is 3. The number of benzene rings is 1. The first kappa shape index (κ1) is 18.3.